The van der Waals surface area contributed by atoms with Gasteiger partial charge in [-0.3, -0.25) is 25.7 Å². The number of nitro benzene ring substituents is 2. The number of fused-ring (bicyclic) bond motifs is 1. The molecule has 0 aromatic heterocycles. The number of hydrogen-bond donors (Lipinski definition) is 1. The zero-order valence-electron chi connectivity index (χ0n) is 17.7. The molecule has 30 heavy (non-hydrogen) atoms. The molecule has 9 nitrogen and oxygen atoms in total. The fraction of sp³-hybridized carbons (Fsp3) is 0.381. The summed E-state index contributed by atoms with van der Waals surface area (Å²) < 4.78 is 0. The number of benzene rings is 2. The second-order valence-corrected chi connectivity index (χ2v) is 8.33. The summed E-state index contributed by atoms with van der Waals surface area (Å²) in [5.74, 6) is 0.391. The van der Waals surface area contributed by atoms with Crippen LogP contribution in [0, 0.1) is 27.2 Å². The van der Waals surface area contributed by atoms with E-state index in [0.717, 1.165) is 23.6 Å². The molecule has 1 N–H and O–H groups in total. The smallest absolute Gasteiger partial charge is 0.301 e. The zero-order chi connectivity index (χ0) is 22.2. The van der Waals surface area contributed by atoms with E-state index >= 15 is 0 Å². The number of hydrogen-bond acceptors (Lipinski definition) is 7. The molecule has 0 bridgehead atoms. The highest BCUT2D eigenvalue weighted by atomic mass is 16.6. The van der Waals surface area contributed by atoms with Gasteiger partial charge in [-0.15, -0.1) is 0 Å². The third-order valence-electron chi connectivity index (χ3n) is 5.80. The van der Waals surface area contributed by atoms with Crippen LogP contribution in [0.4, 0.5) is 22.7 Å². The number of nitrogens with one attached hydrogen (secondary N) is 1. The summed E-state index contributed by atoms with van der Waals surface area (Å²) in [5, 5.41) is 26.3. The van der Waals surface area contributed by atoms with Gasteiger partial charge in [-0.05, 0) is 68.0 Å². The first-order valence-corrected chi connectivity index (χ1v) is 9.61. The van der Waals surface area contributed by atoms with Gasteiger partial charge in [0.15, 0.2) is 0 Å². The van der Waals surface area contributed by atoms with Crippen LogP contribution >= 0.6 is 0 Å². The van der Waals surface area contributed by atoms with E-state index in [1.54, 1.807) is 6.21 Å². The van der Waals surface area contributed by atoms with Crippen molar-refractivity contribution < 1.29 is 9.85 Å². The summed E-state index contributed by atoms with van der Waals surface area (Å²) in [6.45, 7) is 8.68. The molecule has 1 aliphatic rings. The molecule has 1 atom stereocenters. The van der Waals surface area contributed by atoms with E-state index in [-0.39, 0.29) is 16.9 Å². The normalized spacial score (nSPS) is 17.6. The Hall–Kier alpha value is -3.49. The van der Waals surface area contributed by atoms with Crippen LogP contribution < -0.4 is 10.3 Å². The number of rotatable bonds is 5. The molecule has 1 unspecified atom stereocenters. The Morgan fingerprint density at radius 2 is 1.90 bits per heavy atom. The largest absolute Gasteiger partial charge is 0.369 e. The monoisotopic (exact) mass is 411 g/mol. The molecule has 2 aromatic carbocycles. The highest BCUT2D eigenvalue weighted by Gasteiger charge is 2.34. The van der Waals surface area contributed by atoms with Crippen molar-refractivity contribution >= 4 is 29.0 Å². The first-order valence-electron chi connectivity index (χ1n) is 9.61. The Labute approximate surface area is 174 Å². The molecule has 0 aliphatic carbocycles. The van der Waals surface area contributed by atoms with E-state index in [4.69, 9.17) is 0 Å². The van der Waals surface area contributed by atoms with Crippen molar-refractivity contribution in [2.24, 2.45) is 5.10 Å². The second-order valence-electron chi connectivity index (χ2n) is 8.33. The Balaban J connectivity index is 1.89. The van der Waals surface area contributed by atoms with Gasteiger partial charge >= 0.3 is 5.69 Å². The molecule has 2 aromatic rings. The predicted molar refractivity (Wildman–Crippen MR) is 118 cm³/mol. The van der Waals surface area contributed by atoms with Crippen molar-refractivity contribution in [1.82, 2.24) is 0 Å². The Kier molecular flexibility index (Phi) is 5.47. The zero-order valence-corrected chi connectivity index (χ0v) is 17.7. The summed E-state index contributed by atoms with van der Waals surface area (Å²) in [6.07, 6.45) is 2.65. The lowest BCUT2D eigenvalue weighted by Crippen LogP contribution is -2.45. The minimum Gasteiger partial charge on any atom is -0.369 e. The molecule has 0 radical (unpaired) electrons. The maximum atomic E-state index is 11.3. The van der Waals surface area contributed by atoms with Crippen LogP contribution in [0.5, 0.6) is 0 Å². The maximum absolute atomic E-state index is 11.3. The summed E-state index contributed by atoms with van der Waals surface area (Å²) in [7, 11) is 2.10. The molecule has 0 fully saturated rings. The summed E-state index contributed by atoms with van der Waals surface area (Å²) in [6, 6.07) is 7.65. The molecule has 3 rings (SSSR count). The lowest BCUT2D eigenvalue weighted by Gasteiger charge is -2.45. The quantitative estimate of drug-likeness (QED) is 0.422. The molecule has 0 saturated heterocycles. The number of anilines is 2. The molecule has 0 saturated carbocycles. The van der Waals surface area contributed by atoms with Crippen LogP contribution in [0.25, 0.3) is 0 Å². The van der Waals surface area contributed by atoms with Crippen LogP contribution in [-0.4, -0.2) is 28.6 Å². The van der Waals surface area contributed by atoms with E-state index in [2.05, 4.69) is 55.4 Å². The number of aryl methyl sites for hydroxylation is 1. The molecule has 0 spiro atoms. The van der Waals surface area contributed by atoms with Crippen LogP contribution in [0.2, 0.25) is 0 Å². The average Bonchev–Trinajstić information content (AvgIpc) is 2.66. The van der Waals surface area contributed by atoms with E-state index in [0.29, 0.717) is 5.92 Å². The topological polar surface area (TPSA) is 114 Å². The van der Waals surface area contributed by atoms with Gasteiger partial charge in [0.1, 0.15) is 5.69 Å². The number of nitro groups is 2. The first kappa shape index (κ1) is 21.2. The van der Waals surface area contributed by atoms with E-state index in [1.165, 1.54) is 23.4 Å². The summed E-state index contributed by atoms with van der Waals surface area (Å²) >= 11 is 0. The number of non-ortho nitro benzene ring substituents is 1. The first-order chi connectivity index (χ1) is 14.0. The average molecular weight is 411 g/mol. The van der Waals surface area contributed by atoms with Crippen LogP contribution in [0.3, 0.4) is 0 Å². The fourth-order valence-corrected chi connectivity index (χ4v) is 3.92. The third kappa shape index (κ3) is 3.96. The van der Waals surface area contributed by atoms with Gasteiger partial charge in [0.25, 0.3) is 5.69 Å². The highest BCUT2D eigenvalue weighted by Crippen LogP contribution is 2.43. The maximum Gasteiger partial charge on any atom is 0.301 e. The third-order valence-corrected chi connectivity index (χ3v) is 5.80. The molecular weight excluding hydrogens is 386 g/mol. The predicted octanol–water partition coefficient (Wildman–Crippen LogP) is 4.98. The number of hydrazone groups is 1. The second kappa shape index (κ2) is 7.74. The van der Waals surface area contributed by atoms with E-state index in [9.17, 15) is 20.2 Å². The van der Waals surface area contributed by atoms with E-state index < -0.39 is 15.5 Å². The van der Waals surface area contributed by atoms with Crippen molar-refractivity contribution in [3.05, 3.63) is 67.3 Å². The molecular formula is C21H25N5O4. The lowest BCUT2D eigenvalue weighted by atomic mass is 9.79. The fourth-order valence-electron chi connectivity index (χ4n) is 3.92. The lowest BCUT2D eigenvalue weighted by molar-refractivity contribution is -0.393. The Morgan fingerprint density at radius 3 is 2.53 bits per heavy atom. The van der Waals surface area contributed by atoms with Gasteiger partial charge in [-0.2, -0.15) is 5.10 Å². The molecule has 0 amide bonds. The molecule has 1 aliphatic heterocycles. The van der Waals surface area contributed by atoms with Crippen molar-refractivity contribution in [3.63, 3.8) is 0 Å². The molecule has 158 valence electrons. The summed E-state index contributed by atoms with van der Waals surface area (Å²) in [4.78, 5) is 23.1. The summed E-state index contributed by atoms with van der Waals surface area (Å²) in [5.41, 5.74) is 6.45. The van der Waals surface area contributed by atoms with Gasteiger partial charge in [-0.1, -0.05) is 6.92 Å². The van der Waals surface area contributed by atoms with Gasteiger partial charge in [-0.25, -0.2) is 0 Å². The minimum absolute atomic E-state index is 0.0743. The SMILES string of the molecule is Cc1cc2c(cc1/C=N\Nc1ccc([N+](=O)[O-])cc1[N+](=O)[O-])C(C)CC(C)(C)N2C. The van der Waals surface area contributed by atoms with Crippen molar-refractivity contribution in [1.29, 1.82) is 0 Å². The van der Waals surface area contributed by atoms with Crippen LogP contribution in [0.1, 0.15) is 49.8 Å². The molecule has 9 heteroatoms. The van der Waals surface area contributed by atoms with Gasteiger partial charge in [0.05, 0.1) is 22.1 Å². The Bertz CT molecular complexity index is 1050. The van der Waals surface area contributed by atoms with E-state index in [1.807, 2.05) is 6.92 Å². The minimum atomic E-state index is -0.672. The van der Waals surface area contributed by atoms with Crippen molar-refractivity contribution in [2.45, 2.75) is 45.6 Å². The highest BCUT2D eigenvalue weighted by molar-refractivity contribution is 5.85. The number of nitrogens with zero attached hydrogens (tertiary/aromatic N) is 4. The molecule has 1 heterocycles. The Morgan fingerprint density at radius 1 is 1.20 bits per heavy atom. The van der Waals surface area contributed by atoms with Gasteiger partial charge < -0.3 is 4.90 Å². The van der Waals surface area contributed by atoms with Crippen LogP contribution in [0.15, 0.2) is 35.4 Å². The van der Waals surface area contributed by atoms with Gasteiger partial charge in [0, 0.05) is 24.3 Å². The van der Waals surface area contributed by atoms with Crippen molar-refractivity contribution in [3.8, 4) is 0 Å². The van der Waals surface area contributed by atoms with Crippen LogP contribution in [-0.2, 0) is 0 Å². The van der Waals surface area contributed by atoms with Gasteiger partial charge in [0.2, 0.25) is 0 Å². The van der Waals surface area contributed by atoms with Crippen molar-refractivity contribution in [2.75, 3.05) is 17.4 Å². The standard InChI is InChI=1S/C21H25N5O4/c1-13-8-19-17(14(2)11-21(3,4)24(19)5)9-15(13)12-22-23-18-7-6-16(25(27)28)10-20(18)26(29)30/h6-10,12,14,23H,11H2,1-5H3/b22-12-.